The minimum Gasteiger partial charge on any atom is -0.316 e. The SMILES string of the molecule is CNCc1c(C)nn(C)c1SCCC(C)C. The van der Waals surface area contributed by atoms with Crippen LogP contribution in [0.3, 0.4) is 0 Å². The highest BCUT2D eigenvalue weighted by molar-refractivity contribution is 7.99. The molecule has 0 unspecified atom stereocenters. The Labute approximate surface area is 103 Å². The lowest BCUT2D eigenvalue weighted by Crippen LogP contribution is -2.07. The molecule has 3 nitrogen and oxygen atoms in total. The summed E-state index contributed by atoms with van der Waals surface area (Å²) in [6, 6.07) is 0. The third kappa shape index (κ3) is 3.52. The van der Waals surface area contributed by atoms with E-state index < -0.39 is 0 Å². The molecule has 1 N–H and O–H groups in total. The monoisotopic (exact) mass is 241 g/mol. The van der Waals surface area contributed by atoms with Crippen molar-refractivity contribution in [3.8, 4) is 0 Å². The van der Waals surface area contributed by atoms with Crippen molar-refractivity contribution in [1.29, 1.82) is 0 Å². The zero-order chi connectivity index (χ0) is 12.1. The first kappa shape index (κ1) is 13.6. The molecule has 0 spiro atoms. The highest BCUT2D eigenvalue weighted by atomic mass is 32.2. The second-order valence-electron chi connectivity index (χ2n) is 4.55. The van der Waals surface area contributed by atoms with Gasteiger partial charge in [0, 0.05) is 19.2 Å². The van der Waals surface area contributed by atoms with Crippen LogP contribution in [0.5, 0.6) is 0 Å². The molecule has 0 saturated carbocycles. The van der Waals surface area contributed by atoms with E-state index in [-0.39, 0.29) is 0 Å². The van der Waals surface area contributed by atoms with E-state index in [1.54, 1.807) is 0 Å². The molecule has 0 bridgehead atoms. The van der Waals surface area contributed by atoms with Crippen LogP contribution in [0.4, 0.5) is 0 Å². The smallest absolute Gasteiger partial charge is 0.0984 e. The molecule has 0 saturated heterocycles. The van der Waals surface area contributed by atoms with Gasteiger partial charge in [0.2, 0.25) is 0 Å². The van der Waals surface area contributed by atoms with Crippen molar-refractivity contribution >= 4 is 11.8 Å². The van der Waals surface area contributed by atoms with E-state index in [0.717, 1.165) is 18.2 Å². The van der Waals surface area contributed by atoms with Gasteiger partial charge >= 0.3 is 0 Å². The number of aryl methyl sites for hydroxylation is 2. The Morgan fingerprint density at radius 3 is 2.69 bits per heavy atom. The third-order valence-corrected chi connectivity index (χ3v) is 3.80. The van der Waals surface area contributed by atoms with Gasteiger partial charge in [0.25, 0.3) is 0 Å². The van der Waals surface area contributed by atoms with Crippen LogP contribution < -0.4 is 5.32 Å². The zero-order valence-corrected chi connectivity index (χ0v) is 11.8. The molecule has 92 valence electrons. The molecular weight excluding hydrogens is 218 g/mol. The summed E-state index contributed by atoms with van der Waals surface area (Å²) >= 11 is 1.92. The fourth-order valence-electron chi connectivity index (χ4n) is 1.63. The van der Waals surface area contributed by atoms with Crippen molar-refractivity contribution in [3.63, 3.8) is 0 Å². The number of hydrogen-bond acceptors (Lipinski definition) is 3. The fourth-order valence-corrected chi connectivity index (χ4v) is 3.04. The molecule has 1 aromatic heterocycles. The molecule has 1 aromatic rings. The predicted molar refractivity (Wildman–Crippen MR) is 70.9 cm³/mol. The Morgan fingerprint density at radius 2 is 2.12 bits per heavy atom. The Bertz CT molecular complexity index is 331. The molecular formula is C12H23N3S. The van der Waals surface area contributed by atoms with Crippen LogP contribution in [0.2, 0.25) is 0 Å². The normalized spacial score (nSPS) is 11.4. The van der Waals surface area contributed by atoms with Gasteiger partial charge < -0.3 is 5.32 Å². The van der Waals surface area contributed by atoms with E-state index >= 15 is 0 Å². The number of hydrogen-bond donors (Lipinski definition) is 1. The average Bonchev–Trinajstić information content (AvgIpc) is 2.44. The van der Waals surface area contributed by atoms with E-state index in [9.17, 15) is 0 Å². The highest BCUT2D eigenvalue weighted by Gasteiger charge is 2.12. The van der Waals surface area contributed by atoms with Crippen LogP contribution in [-0.4, -0.2) is 22.6 Å². The Kier molecular flexibility index (Phi) is 5.35. The molecule has 16 heavy (non-hydrogen) atoms. The number of nitrogens with one attached hydrogen (secondary N) is 1. The lowest BCUT2D eigenvalue weighted by molar-refractivity contribution is 0.629. The quantitative estimate of drug-likeness (QED) is 0.776. The number of rotatable bonds is 6. The lowest BCUT2D eigenvalue weighted by Gasteiger charge is -2.07. The van der Waals surface area contributed by atoms with Crippen molar-refractivity contribution in [2.45, 2.75) is 38.8 Å². The van der Waals surface area contributed by atoms with Crippen LogP contribution in [-0.2, 0) is 13.6 Å². The molecule has 1 heterocycles. The van der Waals surface area contributed by atoms with Crippen molar-refractivity contribution in [1.82, 2.24) is 15.1 Å². The van der Waals surface area contributed by atoms with Crippen molar-refractivity contribution in [2.24, 2.45) is 13.0 Å². The summed E-state index contributed by atoms with van der Waals surface area (Å²) in [4.78, 5) is 0. The number of nitrogens with zero attached hydrogens (tertiary/aromatic N) is 2. The Morgan fingerprint density at radius 1 is 1.44 bits per heavy atom. The maximum atomic E-state index is 4.48. The second-order valence-corrected chi connectivity index (χ2v) is 5.64. The van der Waals surface area contributed by atoms with Crippen LogP contribution in [0.25, 0.3) is 0 Å². The van der Waals surface area contributed by atoms with Crippen LogP contribution in [0.15, 0.2) is 5.03 Å². The summed E-state index contributed by atoms with van der Waals surface area (Å²) in [7, 11) is 4.01. The van der Waals surface area contributed by atoms with E-state index in [1.165, 1.54) is 22.8 Å². The highest BCUT2D eigenvalue weighted by Crippen LogP contribution is 2.26. The van der Waals surface area contributed by atoms with Gasteiger partial charge in [-0.05, 0) is 32.1 Å². The van der Waals surface area contributed by atoms with Crippen LogP contribution in [0, 0.1) is 12.8 Å². The molecule has 0 fully saturated rings. The van der Waals surface area contributed by atoms with Crippen LogP contribution >= 0.6 is 11.8 Å². The van der Waals surface area contributed by atoms with Crippen molar-refractivity contribution < 1.29 is 0 Å². The van der Waals surface area contributed by atoms with E-state index in [4.69, 9.17) is 0 Å². The molecule has 0 amide bonds. The summed E-state index contributed by atoms with van der Waals surface area (Å²) in [5.74, 6) is 1.95. The van der Waals surface area contributed by atoms with Gasteiger partial charge in [0.05, 0.1) is 10.7 Å². The third-order valence-electron chi connectivity index (χ3n) is 2.58. The Hall–Kier alpha value is -0.480. The molecule has 0 aliphatic heterocycles. The lowest BCUT2D eigenvalue weighted by atomic mass is 10.2. The van der Waals surface area contributed by atoms with Gasteiger partial charge in [-0.1, -0.05) is 13.8 Å². The Balaban J connectivity index is 2.69. The van der Waals surface area contributed by atoms with Gasteiger partial charge in [0.15, 0.2) is 0 Å². The largest absolute Gasteiger partial charge is 0.316 e. The van der Waals surface area contributed by atoms with E-state index in [1.807, 2.05) is 30.5 Å². The first-order valence-corrected chi connectivity index (χ1v) is 6.84. The van der Waals surface area contributed by atoms with Gasteiger partial charge in [-0.2, -0.15) is 5.10 Å². The fraction of sp³-hybridized carbons (Fsp3) is 0.750. The molecule has 0 aromatic carbocycles. The average molecular weight is 241 g/mol. The zero-order valence-electron chi connectivity index (χ0n) is 11.0. The first-order valence-electron chi connectivity index (χ1n) is 5.86. The molecule has 4 heteroatoms. The van der Waals surface area contributed by atoms with Gasteiger partial charge in [-0.25, -0.2) is 0 Å². The van der Waals surface area contributed by atoms with Crippen molar-refractivity contribution in [2.75, 3.05) is 12.8 Å². The summed E-state index contributed by atoms with van der Waals surface area (Å²) in [6.45, 7) is 7.52. The number of aromatic nitrogens is 2. The summed E-state index contributed by atoms with van der Waals surface area (Å²) in [5.41, 5.74) is 2.49. The van der Waals surface area contributed by atoms with Gasteiger partial charge in [0.1, 0.15) is 0 Å². The minimum atomic E-state index is 0.773. The second kappa shape index (κ2) is 6.30. The topological polar surface area (TPSA) is 29.9 Å². The number of thioether (sulfide) groups is 1. The standard InChI is InChI=1S/C12H23N3S/c1-9(2)6-7-16-12-11(8-13-4)10(3)14-15(12)5/h9,13H,6-8H2,1-5H3. The summed E-state index contributed by atoms with van der Waals surface area (Å²) in [5, 5.41) is 9.01. The molecule has 0 atom stereocenters. The maximum absolute atomic E-state index is 4.48. The van der Waals surface area contributed by atoms with E-state index in [2.05, 4.69) is 31.2 Å². The summed E-state index contributed by atoms with van der Waals surface area (Å²) in [6.07, 6.45) is 1.26. The summed E-state index contributed by atoms with van der Waals surface area (Å²) < 4.78 is 2.01. The first-order chi connectivity index (χ1) is 7.56. The maximum Gasteiger partial charge on any atom is 0.0984 e. The van der Waals surface area contributed by atoms with Gasteiger partial charge in [-0.3, -0.25) is 4.68 Å². The van der Waals surface area contributed by atoms with Crippen molar-refractivity contribution in [3.05, 3.63) is 11.3 Å². The minimum absolute atomic E-state index is 0.773. The van der Waals surface area contributed by atoms with Crippen LogP contribution in [0.1, 0.15) is 31.5 Å². The molecule has 0 aliphatic rings. The molecule has 0 radical (unpaired) electrons. The predicted octanol–water partition coefficient (Wildman–Crippen LogP) is 2.59. The van der Waals surface area contributed by atoms with Gasteiger partial charge in [-0.15, -0.1) is 11.8 Å². The molecule has 1 rings (SSSR count). The molecule has 0 aliphatic carbocycles. The van der Waals surface area contributed by atoms with E-state index in [0.29, 0.717) is 0 Å².